The first kappa shape index (κ1) is 19.1. The van der Waals surface area contributed by atoms with Crippen molar-refractivity contribution in [3.05, 3.63) is 54.1 Å². The predicted molar refractivity (Wildman–Crippen MR) is 93.5 cm³/mol. The van der Waals surface area contributed by atoms with E-state index in [0.29, 0.717) is 23.5 Å². The Kier molecular flexibility index (Phi) is 5.94. The van der Waals surface area contributed by atoms with E-state index in [1.54, 1.807) is 24.3 Å². The molecule has 0 heterocycles. The van der Waals surface area contributed by atoms with Crippen LogP contribution in [0.3, 0.4) is 0 Å². The average Bonchev–Trinajstić information content (AvgIpc) is 2.54. The maximum Gasteiger partial charge on any atom is 0.416 e. The van der Waals surface area contributed by atoms with Crippen LogP contribution in [0.25, 0.3) is 0 Å². The quantitative estimate of drug-likeness (QED) is 0.720. The summed E-state index contributed by atoms with van der Waals surface area (Å²) in [7, 11) is -3.39. The number of nitrogens with one attached hydrogen (secondary N) is 2. The predicted octanol–water partition coefficient (Wildman–Crippen LogP) is 4.99. The van der Waals surface area contributed by atoms with Crippen LogP contribution in [0.5, 0.6) is 0 Å². The van der Waals surface area contributed by atoms with E-state index >= 15 is 0 Å². The Morgan fingerprint density at radius 1 is 0.960 bits per heavy atom. The van der Waals surface area contributed by atoms with Crippen molar-refractivity contribution in [3.8, 4) is 0 Å². The SMILES string of the molecule is CCCCS(=O)(=O)Nc1ccc(Nc2cccc(C(F)(F)F)c2)cc1. The van der Waals surface area contributed by atoms with Crippen LogP contribution in [-0.4, -0.2) is 14.2 Å². The fourth-order valence-electron chi connectivity index (χ4n) is 2.13. The van der Waals surface area contributed by atoms with Crippen molar-refractivity contribution in [3.63, 3.8) is 0 Å². The first-order chi connectivity index (χ1) is 11.7. The van der Waals surface area contributed by atoms with Gasteiger partial charge >= 0.3 is 6.18 Å². The molecule has 2 N–H and O–H groups in total. The summed E-state index contributed by atoms with van der Waals surface area (Å²) in [6, 6.07) is 11.2. The summed E-state index contributed by atoms with van der Waals surface area (Å²) in [5, 5.41) is 2.86. The van der Waals surface area contributed by atoms with E-state index in [2.05, 4.69) is 10.0 Å². The van der Waals surface area contributed by atoms with Gasteiger partial charge in [0.1, 0.15) is 0 Å². The monoisotopic (exact) mass is 372 g/mol. The van der Waals surface area contributed by atoms with Crippen LogP contribution in [0.4, 0.5) is 30.2 Å². The molecule has 0 bridgehead atoms. The Balaban J connectivity index is 2.06. The van der Waals surface area contributed by atoms with Crippen molar-refractivity contribution in [2.24, 2.45) is 0 Å². The molecule has 0 fully saturated rings. The molecule has 0 atom stereocenters. The van der Waals surface area contributed by atoms with Crippen molar-refractivity contribution >= 4 is 27.1 Å². The molecule has 25 heavy (non-hydrogen) atoms. The Hall–Kier alpha value is -2.22. The van der Waals surface area contributed by atoms with Crippen LogP contribution in [0.2, 0.25) is 0 Å². The zero-order chi connectivity index (χ0) is 18.5. The zero-order valence-corrected chi connectivity index (χ0v) is 14.4. The topological polar surface area (TPSA) is 58.2 Å². The van der Waals surface area contributed by atoms with Gasteiger partial charge in [-0.15, -0.1) is 0 Å². The Labute approximate surface area is 145 Å². The third-order valence-electron chi connectivity index (χ3n) is 3.40. The lowest BCUT2D eigenvalue weighted by Crippen LogP contribution is -2.16. The van der Waals surface area contributed by atoms with Crippen LogP contribution < -0.4 is 10.0 Å². The molecule has 0 unspecified atom stereocenters. The first-order valence-electron chi connectivity index (χ1n) is 7.74. The minimum Gasteiger partial charge on any atom is -0.356 e. The third-order valence-corrected chi connectivity index (χ3v) is 4.78. The summed E-state index contributed by atoms with van der Waals surface area (Å²) < 4.78 is 64.3. The molecular formula is C17H19F3N2O2S. The highest BCUT2D eigenvalue weighted by Gasteiger charge is 2.30. The van der Waals surface area contributed by atoms with Crippen LogP contribution >= 0.6 is 0 Å². The maximum absolute atomic E-state index is 12.7. The second-order valence-electron chi connectivity index (χ2n) is 5.56. The number of alkyl halides is 3. The molecule has 0 amide bonds. The highest BCUT2D eigenvalue weighted by Crippen LogP contribution is 2.31. The van der Waals surface area contributed by atoms with E-state index < -0.39 is 21.8 Å². The smallest absolute Gasteiger partial charge is 0.356 e. The standard InChI is InChI=1S/C17H19F3N2O2S/c1-2-3-11-25(23,24)22-15-9-7-14(8-10-15)21-16-6-4-5-13(12-16)17(18,19)20/h4-10,12,21-22H,2-3,11H2,1H3. The number of hydrogen-bond donors (Lipinski definition) is 2. The van der Waals surface area contributed by atoms with Gasteiger partial charge in [-0.05, 0) is 48.9 Å². The second-order valence-corrected chi connectivity index (χ2v) is 7.40. The fraction of sp³-hybridized carbons (Fsp3) is 0.294. The lowest BCUT2D eigenvalue weighted by Gasteiger charge is -2.12. The lowest BCUT2D eigenvalue weighted by atomic mass is 10.2. The summed E-state index contributed by atoms with van der Waals surface area (Å²) in [4.78, 5) is 0. The molecule has 4 nitrogen and oxygen atoms in total. The number of rotatable bonds is 7. The molecule has 2 rings (SSSR count). The van der Waals surface area contributed by atoms with E-state index in [0.717, 1.165) is 18.6 Å². The molecule has 136 valence electrons. The summed E-state index contributed by atoms with van der Waals surface area (Å²) in [6.07, 6.45) is -3.05. The molecular weight excluding hydrogens is 353 g/mol. The van der Waals surface area contributed by atoms with Crippen molar-refractivity contribution in [1.29, 1.82) is 0 Å². The van der Waals surface area contributed by atoms with Crippen molar-refractivity contribution in [2.45, 2.75) is 25.9 Å². The molecule has 0 aromatic heterocycles. The van der Waals surface area contributed by atoms with Gasteiger partial charge in [0, 0.05) is 17.1 Å². The van der Waals surface area contributed by atoms with E-state index in [9.17, 15) is 21.6 Å². The molecule has 0 aliphatic rings. The Morgan fingerprint density at radius 2 is 1.60 bits per heavy atom. The van der Waals surface area contributed by atoms with E-state index in [1.165, 1.54) is 12.1 Å². The van der Waals surface area contributed by atoms with E-state index in [-0.39, 0.29) is 5.75 Å². The normalized spacial score (nSPS) is 12.0. The summed E-state index contributed by atoms with van der Waals surface area (Å²) in [5.41, 5.74) is 0.519. The number of halogens is 3. The van der Waals surface area contributed by atoms with Crippen LogP contribution in [0, 0.1) is 0 Å². The van der Waals surface area contributed by atoms with Gasteiger partial charge in [-0.2, -0.15) is 13.2 Å². The summed E-state index contributed by atoms with van der Waals surface area (Å²) in [6.45, 7) is 1.91. The molecule has 0 saturated heterocycles. The first-order valence-corrected chi connectivity index (χ1v) is 9.40. The van der Waals surface area contributed by atoms with Gasteiger partial charge in [-0.3, -0.25) is 4.72 Å². The number of unbranched alkanes of at least 4 members (excludes halogenated alkanes) is 1. The number of benzene rings is 2. The van der Waals surface area contributed by atoms with Gasteiger partial charge in [0.25, 0.3) is 0 Å². The van der Waals surface area contributed by atoms with Crippen molar-refractivity contribution in [2.75, 3.05) is 15.8 Å². The van der Waals surface area contributed by atoms with Crippen molar-refractivity contribution in [1.82, 2.24) is 0 Å². The van der Waals surface area contributed by atoms with Gasteiger partial charge in [-0.25, -0.2) is 8.42 Å². The molecule has 0 aliphatic carbocycles. The average molecular weight is 372 g/mol. The molecule has 2 aromatic rings. The summed E-state index contributed by atoms with van der Waals surface area (Å²) in [5.74, 6) is 0.0493. The van der Waals surface area contributed by atoms with Crippen LogP contribution in [0.1, 0.15) is 25.3 Å². The minimum atomic E-state index is -4.40. The largest absolute Gasteiger partial charge is 0.416 e. The Bertz CT molecular complexity index is 803. The molecule has 0 spiro atoms. The highest BCUT2D eigenvalue weighted by molar-refractivity contribution is 7.92. The molecule has 0 saturated carbocycles. The summed E-state index contributed by atoms with van der Waals surface area (Å²) >= 11 is 0. The molecule has 0 radical (unpaired) electrons. The second kappa shape index (κ2) is 7.77. The zero-order valence-electron chi connectivity index (χ0n) is 13.6. The van der Waals surface area contributed by atoms with Crippen molar-refractivity contribution < 1.29 is 21.6 Å². The van der Waals surface area contributed by atoms with Gasteiger partial charge in [0.2, 0.25) is 10.0 Å². The molecule has 0 aliphatic heterocycles. The molecule has 8 heteroatoms. The van der Waals surface area contributed by atoms with E-state index in [1.807, 2.05) is 6.92 Å². The fourth-order valence-corrected chi connectivity index (χ4v) is 3.39. The van der Waals surface area contributed by atoms with Crippen LogP contribution in [0.15, 0.2) is 48.5 Å². The molecule has 2 aromatic carbocycles. The number of hydrogen-bond acceptors (Lipinski definition) is 3. The maximum atomic E-state index is 12.7. The number of anilines is 3. The van der Waals surface area contributed by atoms with Gasteiger partial charge in [-0.1, -0.05) is 19.4 Å². The van der Waals surface area contributed by atoms with Gasteiger partial charge in [0.05, 0.1) is 11.3 Å². The number of sulfonamides is 1. The van der Waals surface area contributed by atoms with Crippen LogP contribution in [-0.2, 0) is 16.2 Å². The third kappa shape index (κ3) is 5.97. The van der Waals surface area contributed by atoms with Gasteiger partial charge in [0.15, 0.2) is 0 Å². The van der Waals surface area contributed by atoms with Gasteiger partial charge < -0.3 is 5.32 Å². The minimum absolute atomic E-state index is 0.0493. The lowest BCUT2D eigenvalue weighted by molar-refractivity contribution is -0.137. The highest BCUT2D eigenvalue weighted by atomic mass is 32.2. The Morgan fingerprint density at radius 3 is 2.20 bits per heavy atom. The van der Waals surface area contributed by atoms with E-state index in [4.69, 9.17) is 0 Å².